The van der Waals surface area contributed by atoms with Crippen LogP contribution >= 0.6 is 0 Å². The van der Waals surface area contributed by atoms with Crippen molar-refractivity contribution in [2.75, 3.05) is 20.3 Å². The second-order valence-corrected chi connectivity index (χ2v) is 8.14. The number of oxazole rings is 1. The first kappa shape index (κ1) is 22.1. The Morgan fingerprint density at radius 3 is 2.66 bits per heavy atom. The van der Waals surface area contributed by atoms with Crippen molar-refractivity contribution >= 4 is 5.97 Å². The van der Waals surface area contributed by atoms with Gasteiger partial charge in [0.05, 0.1) is 19.4 Å². The van der Waals surface area contributed by atoms with E-state index in [4.69, 9.17) is 13.9 Å². The Morgan fingerprint density at radius 1 is 1.12 bits per heavy atom. The van der Waals surface area contributed by atoms with Gasteiger partial charge in [0.2, 0.25) is 5.89 Å². The first-order valence-corrected chi connectivity index (χ1v) is 11.2. The lowest BCUT2D eigenvalue weighted by molar-refractivity contribution is -0.148. The molecule has 0 aliphatic carbocycles. The highest BCUT2D eigenvalue weighted by Gasteiger charge is 2.29. The molecule has 32 heavy (non-hydrogen) atoms. The normalized spacial score (nSPS) is 16.6. The predicted molar refractivity (Wildman–Crippen MR) is 122 cm³/mol. The second-order valence-electron chi connectivity index (χ2n) is 8.14. The molecule has 4 rings (SSSR count). The molecule has 1 aliphatic rings. The number of likely N-dealkylation sites (tertiary alicyclic amines) is 1. The van der Waals surface area contributed by atoms with Crippen LogP contribution in [0.1, 0.15) is 36.3 Å². The van der Waals surface area contributed by atoms with Crippen LogP contribution in [0.25, 0.3) is 11.5 Å². The number of methoxy groups -OCH3 is 1. The Bertz CT molecular complexity index is 1010. The fourth-order valence-electron chi connectivity index (χ4n) is 4.14. The van der Waals surface area contributed by atoms with Crippen LogP contribution in [0.5, 0.6) is 5.75 Å². The number of aryl methyl sites for hydroxylation is 1. The van der Waals surface area contributed by atoms with E-state index < -0.39 is 0 Å². The van der Waals surface area contributed by atoms with Crippen molar-refractivity contribution in [3.8, 4) is 17.2 Å². The summed E-state index contributed by atoms with van der Waals surface area (Å²) in [6.07, 6.45) is 3.73. The Labute approximate surface area is 189 Å². The minimum absolute atomic E-state index is 0.136. The van der Waals surface area contributed by atoms with Gasteiger partial charge in [-0.05, 0) is 56.1 Å². The minimum atomic E-state index is -0.142. The molecule has 0 amide bonds. The monoisotopic (exact) mass is 434 g/mol. The zero-order valence-electron chi connectivity index (χ0n) is 18.8. The summed E-state index contributed by atoms with van der Waals surface area (Å²) in [6.45, 7) is 4.11. The smallest absolute Gasteiger partial charge is 0.323 e. The zero-order chi connectivity index (χ0) is 22.3. The number of aromatic nitrogens is 1. The van der Waals surface area contributed by atoms with Gasteiger partial charge < -0.3 is 13.9 Å². The molecule has 1 aliphatic heterocycles. The van der Waals surface area contributed by atoms with E-state index in [2.05, 4.69) is 22.0 Å². The molecule has 0 spiro atoms. The molecule has 1 fully saturated rings. The molecule has 0 radical (unpaired) electrons. The average molecular weight is 435 g/mol. The van der Waals surface area contributed by atoms with E-state index in [9.17, 15) is 4.79 Å². The van der Waals surface area contributed by atoms with Gasteiger partial charge >= 0.3 is 5.97 Å². The molecule has 3 aromatic rings. The van der Waals surface area contributed by atoms with Crippen molar-refractivity contribution in [1.29, 1.82) is 0 Å². The van der Waals surface area contributed by atoms with Crippen molar-refractivity contribution < 1.29 is 18.7 Å². The lowest BCUT2D eigenvalue weighted by Crippen LogP contribution is -2.44. The number of nitrogens with zero attached hydrogens (tertiary/aromatic N) is 2. The first-order chi connectivity index (χ1) is 15.6. The highest BCUT2D eigenvalue weighted by Crippen LogP contribution is 2.23. The predicted octanol–water partition coefficient (Wildman–Crippen LogP) is 4.80. The van der Waals surface area contributed by atoms with Gasteiger partial charge in [0.1, 0.15) is 17.6 Å². The Hall–Kier alpha value is -3.12. The summed E-state index contributed by atoms with van der Waals surface area (Å²) in [5, 5.41) is 0. The van der Waals surface area contributed by atoms with Gasteiger partial charge in [-0.3, -0.25) is 9.69 Å². The van der Waals surface area contributed by atoms with Gasteiger partial charge in [-0.25, -0.2) is 4.98 Å². The third-order valence-electron chi connectivity index (χ3n) is 5.92. The van der Waals surface area contributed by atoms with E-state index in [1.54, 1.807) is 0 Å². The molecule has 6 nitrogen and oxygen atoms in total. The van der Waals surface area contributed by atoms with E-state index >= 15 is 0 Å². The number of carbonyl (C=O) groups is 1. The number of carbonyl (C=O) groups excluding carboxylic acids is 1. The van der Waals surface area contributed by atoms with E-state index in [1.165, 1.54) is 7.11 Å². The quantitative estimate of drug-likeness (QED) is 0.475. The fourth-order valence-corrected chi connectivity index (χ4v) is 4.14. The van der Waals surface area contributed by atoms with Crippen LogP contribution < -0.4 is 4.74 Å². The molecule has 0 N–H and O–H groups in total. The molecule has 0 saturated carbocycles. The largest absolute Gasteiger partial charge is 0.493 e. The van der Waals surface area contributed by atoms with Crippen molar-refractivity contribution in [2.24, 2.45) is 0 Å². The van der Waals surface area contributed by atoms with Crippen LogP contribution in [-0.2, 0) is 22.5 Å². The van der Waals surface area contributed by atoms with E-state index in [-0.39, 0.29) is 12.0 Å². The van der Waals surface area contributed by atoms with E-state index in [1.807, 2.05) is 49.4 Å². The van der Waals surface area contributed by atoms with E-state index in [0.717, 1.165) is 60.7 Å². The van der Waals surface area contributed by atoms with Crippen molar-refractivity contribution in [1.82, 2.24) is 9.88 Å². The third kappa shape index (κ3) is 5.37. The molecule has 1 atom stereocenters. The summed E-state index contributed by atoms with van der Waals surface area (Å²) < 4.78 is 16.7. The van der Waals surface area contributed by atoms with E-state index in [0.29, 0.717) is 18.9 Å². The number of hydrogen-bond acceptors (Lipinski definition) is 6. The number of benzene rings is 2. The van der Waals surface area contributed by atoms with Crippen LogP contribution in [0.4, 0.5) is 0 Å². The maximum Gasteiger partial charge on any atom is 0.323 e. The maximum atomic E-state index is 12.1. The SMILES string of the molecule is COC(=O)[C@H]1CCCCN1Cc1ccc(OCCc2nc(-c3ccccc3)oc2C)cc1. The summed E-state index contributed by atoms with van der Waals surface area (Å²) in [5.74, 6) is 2.15. The standard InChI is InChI=1S/C26H30N2O4/c1-19-23(27-25(32-19)21-8-4-3-5-9-21)15-17-31-22-13-11-20(12-14-22)18-28-16-7-6-10-24(28)26(29)30-2/h3-5,8-9,11-14,24H,6-7,10,15-18H2,1-2H3/t24-/m1/s1. The highest BCUT2D eigenvalue weighted by atomic mass is 16.5. The minimum Gasteiger partial charge on any atom is -0.493 e. The summed E-state index contributed by atoms with van der Waals surface area (Å²) in [6, 6.07) is 17.9. The molecule has 2 aromatic carbocycles. The lowest BCUT2D eigenvalue weighted by atomic mass is 10.0. The van der Waals surface area contributed by atoms with Crippen LogP contribution in [0.3, 0.4) is 0 Å². The number of rotatable bonds is 8. The molecule has 1 saturated heterocycles. The molecule has 6 heteroatoms. The van der Waals surface area contributed by atoms with Gasteiger partial charge in [0.15, 0.2) is 0 Å². The van der Waals surface area contributed by atoms with Gasteiger partial charge in [0.25, 0.3) is 0 Å². The molecular weight excluding hydrogens is 404 g/mol. The second kappa shape index (κ2) is 10.5. The highest BCUT2D eigenvalue weighted by molar-refractivity contribution is 5.75. The van der Waals surface area contributed by atoms with Gasteiger partial charge in [-0.15, -0.1) is 0 Å². The Morgan fingerprint density at radius 2 is 1.91 bits per heavy atom. The summed E-state index contributed by atoms with van der Waals surface area (Å²) in [4.78, 5) is 18.9. The number of ether oxygens (including phenoxy) is 2. The third-order valence-corrected chi connectivity index (χ3v) is 5.92. The topological polar surface area (TPSA) is 64.8 Å². The number of hydrogen-bond donors (Lipinski definition) is 0. The summed E-state index contributed by atoms with van der Waals surface area (Å²) in [7, 11) is 1.46. The van der Waals surface area contributed by atoms with Gasteiger partial charge in [-0.1, -0.05) is 36.8 Å². The average Bonchev–Trinajstić information content (AvgIpc) is 3.21. The van der Waals surface area contributed by atoms with Crippen LogP contribution in [0.15, 0.2) is 59.0 Å². The van der Waals surface area contributed by atoms with Gasteiger partial charge in [0, 0.05) is 18.5 Å². The van der Waals surface area contributed by atoms with Crippen LogP contribution in [0, 0.1) is 6.92 Å². The molecule has 2 heterocycles. The maximum absolute atomic E-state index is 12.1. The molecule has 0 unspecified atom stereocenters. The lowest BCUT2D eigenvalue weighted by Gasteiger charge is -2.33. The van der Waals surface area contributed by atoms with Gasteiger partial charge in [-0.2, -0.15) is 0 Å². The van der Waals surface area contributed by atoms with Crippen molar-refractivity contribution in [3.05, 3.63) is 71.6 Å². The van der Waals surface area contributed by atoms with Crippen LogP contribution in [0.2, 0.25) is 0 Å². The Balaban J connectivity index is 1.30. The molecule has 0 bridgehead atoms. The zero-order valence-corrected chi connectivity index (χ0v) is 18.8. The number of piperidine rings is 1. The van der Waals surface area contributed by atoms with Crippen molar-refractivity contribution in [3.63, 3.8) is 0 Å². The van der Waals surface area contributed by atoms with Crippen molar-refractivity contribution in [2.45, 2.75) is 45.2 Å². The summed E-state index contributed by atoms with van der Waals surface area (Å²) in [5.41, 5.74) is 3.05. The first-order valence-electron chi connectivity index (χ1n) is 11.2. The number of esters is 1. The Kier molecular flexibility index (Phi) is 7.22. The molecule has 1 aromatic heterocycles. The molecule has 168 valence electrons. The fraction of sp³-hybridized carbons (Fsp3) is 0.385. The van der Waals surface area contributed by atoms with Crippen LogP contribution in [-0.4, -0.2) is 42.2 Å². The molecular formula is C26H30N2O4. The summed E-state index contributed by atoms with van der Waals surface area (Å²) >= 11 is 0.